The highest BCUT2D eigenvalue weighted by atomic mass is 35.5. The molecule has 0 N–H and O–H groups in total. The van der Waals surface area contributed by atoms with E-state index >= 15 is 0 Å². The molecular formula is C20H27ClN6O. The maximum absolute atomic E-state index is 13.0. The predicted molar refractivity (Wildman–Crippen MR) is 110 cm³/mol. The van der Waals surface area contributed by atoms with E-state index in [-0.39, 0.29) is 5.92 Å². The molecule has 4 rings (SSSR count). The van der Waals surface area contributed by atoms with E-state index in [4.69, 9.17) is 11.6 Å². The summed E-state index contributed by atoms with van der Waals surface area (Å²) >= 11 is 6.04. The Labute approximate surface area is 170 Å². The van der Waals surface area contributed by atoms with Crippen molar-refractivity contribution in [3.8, 4) is 5.69 Å². The van der Waals surface area contributed by atoms with Crippen LogP contribution in [0, 0.1) is 5.92 Å². The zero-order valence-electron chi connectivity index (χ0n) is 16.5. The van der Waals surface area contributed by atoms with E-state index in [0.717, 1.165) is 56.8 Å². The third-order valence-corrected chi connectivity index (χ3v) is 6.22. The predicted octanol–water partition coefficient (Wildman–Crippen LogP) is 2.30. The van der Waals surface area contributed by atoms with Crippen molar-refractivity contribution >= 4 is 23.2 Å². The highest BCUT2D eigenvalue weighted by Crippen LogP contribution is 2.29. The molecule has 0 saturated carbocycles. The van der Waals surface area contributed by atoms with Crippen LogP contribution in [0.15, 0.2) is 30.9 Å². The van der Waals surface area contributed by atoms with Gasteiger partial charge in [-0.3, -0.25) is 9.78 Å². The second-order valence-corrected chi connectivity index (χ2v) is 8.32. The van der Waals surface area contributed by atoms with Gasteiger partial charge in [-0.05, 0) is 38.9 Å². The highest BCUT2D eigenvalue weighted by Gasteiger charge is 2.33. The molecule has 2 aromatic heterocycles. The van der Waals surface area contributed by atoms with Crippen LogP contribution in [0.25, 0.3) is 5.69 Å². The number of pyridine rings is 1. The first-order chi connectivity index (χ1) is 13.5. The molecule has 0 aromatic carbocycles. The number of likely N-dealkylation sites (tertiary alicyclic amines) is 1. The fourth-order valence-corrected chi connectivity index (χ4v) is 4.45. The number of hydrogen-bond donors (Lipinski definition) is 0. The van der Waals surface area contributed by atoms with Gasteiger partial charge in [-0.15, -0.1) is 0 Å². The number of halogens is 1. The Balaban J connectivity index is 1.41. The number of amides is 1. The normalized spacial score (nSPS) is 21.2. The molecule has 0 aliphatic carbocycles. The molecule has 2 saturated heterocycles. The fraction of sp³-hybridized carbons (Fsp3) is 0.550. The van der Waals surface area contributed by atoms with Crippen LogP contribution in [0.1, 0.15) is 19.3 Å². The van der Waals surface area contributed by atoms with Gasteiger partial charge in [0.2, 0.25) is 5.91 Å². The lowest BCUT2D eigenvalue weighted by Gasteiger charge is -2.36. The van der Waals surface area contributed by atoms with Crippen molar-refractivity contribution in [3.05, 3.63) is 35.9 Å². The average molecular weight is 403 g/mol. The van der Waals surface area contributed by atoms with Crippen molar-refractivity contribution in [2.45, 2.75) is 25.3 Å². The molecule has 150 valence electrons. The van der Waals surface area contributed by atoms with Crippen LogP contribution < -0.4 is 4.90 Å². The van der Waals surface area contributed by atoms with Crippen molar-refractivity contribution in [3.63, 3.8) is 0 Å². The minimum atomic E-state index is 0.103. The Hall–Kier alpha value is -2.12. The van der Waals surface area contributed by atoms with Gasteiger partial charge in [-0.1, -0.05) is 11.6 Å². The molecule has 2 aliphatic heterocycles. The molecule has 1 atom stereocenters. The van der Waals surface area contributed by atoms with Crippen molar-refractivity contribution in [2.24, 2.45) is 5.92 Å². The van der Waals surface area contributed by atoms with Gasteiger partial charge in [0.05, 0.1) is 28.8 Å². The number of likely N-dealkylation sites (N-methyl/N-ethyl adjacent to an activating group) is 2. The van der Waals surface area contributed by atoms with Crippen LogP contribution in [-0.4, -0.2) is 76.8 Å². The maximum atomic E-state index is 13.0. The van der Waals surface area contributed by atoms with Crippen molar-refractivity contribution in [1.29, 1.82) is 0 Å². The Kier molecular flexibility index (Phi) is 5.55. The summed E-state index contributed by atoms with van der Waals surface area (Å²) in [5, 5.41) is 4.93. The van der Waals surface area contributed by atoms with Crippen LogP contribution >= 0.6 is 11.6 Å². The Morgan fingerprint density at radius 3 is 2.61 bits per heavy atom. The molecule has 28 heavy (non-hydrogen) atoms. The van der Waals surface area contributed by atoms with Crippen molar-refractivity contribution < 1.29 is 4.79 Å². The second-order valence-electron chi connectivity index (χ2n) is 7.88. The quantitative estimate of drug-likeness (QED) is 0.785. The average Bonchev–Trinajstić information content (AvgIpc) is 3.35. The molecule has 0 spiro atoms. The van der Waals surface area contributed by atoms with Crippen LogP contribution in [-0.2, 0) is 4.79 Å². The molecular weight excluding hydrogens is 376 g/mol. The van der Waals surface area contributed by atoms with Gasteiger partial charge in [-0.25, -0.2) is 4.68 Å². The minimum Gasteiger partial charge on any atom is -0.368 e. The van der Waals surface area contributed by atoms with Crippen molar-refractivity contribution in [2.75, 3.05) is 45.2 Å². The molecule has 4 heterocycles. The van der Waals surface area contributed by atoms with E-state index < -0.39 is 0 Å². The van der Waals surface area contributed by atoms with Crippen LogP contribution in [0.3, 0.4) is 0 Å². The molecule has 0 bridgehead atoms. The highest BCUT2D eigenvalue weighted by molar-refractivity contribution is 6.30. The summed E-state index contributed by atoms with van der Waals surface area (Å²) in [5.74, 6) is 0.400. The molecule has 2 fully saturated rings. The Morgan fingerprint density at radius 2 is 1.96 bits per heavy atom. The summed E-state index contributed by atoms with van der Waals surface area (Å²) in [7, 11) is 4.09. The summed E-state index contributed by atoms with van der Waals surface area (Å²) in [6.45, 7) is 3.72. The van der Waals surface area contributed by atoms with Gasteiger partial charge in [-0.2, -0.15) is 5.10 Å². The maximum Gasteiger partial charge on any atom is 0.225 e. The van der Waals surface area contributed by atoms with Gasteiger partial charge in [0.15, 0.2) is 0 Å². The molecule has 2 aliphatic rings. The van der Waals surface area contributed by atoms with Crippen molar-refractivity contribution in [1.82, 2.24) is 24.6 Å². The Morgan fingerprint density at radius 1 is 1.18 bits per heavy atom. The standard InChI is InChI=1S/C20H27ClN6O/c1-24-8-6-17(14-24)25(2)20(28)15-4-9-26(10-5-15)19-12-22-7-3-18(19)27-13-16(21)11-23-27/h3,7,11-13,15,17H,4-6,8-10,14H2,1-2H3. The van der Waals surface area contributed by atoms with Gasteiger partial charge in [0.25, 0.3) is 0 Å². The number of hydrogen-bond acceptors (Lipinski definition) is 5. The summed E-state index contributed by atoms with van der Waals surface area (Å²) in [6, 6.07) is 2.30. The zero-order chi connectivity index (χ0) is 19.7. The number of aromatic nitrogens is 3. The van der Waals surface area contributed by atoms with Gasteiger partial charge >= 0.3 is 0 Å². The van der Waals surface area contributed by atoms with E-state index in [0.29, 0.717) is 17.0 Å². The molecule has 0 radical (unpaired) electrons. The zero-order valence-corrected chi connectivity index (χ0v) is 17.2. The van der Waals surface area contributed by atoms with Crippen LogP contribution in [0.4, 0.5) is 5.69 Å². The van der Waals surface area contributed by atoms with E-state index in [1.807, 2.05) is 24.2 Å². The SMILES string of the molecule is CN1CCC(N(C)C(=O)C2CCN(c3cnccc3-n3cc(Cl)cn3)CC2)C1. The summed E-state index contributed by atoms with van der Waals surface area (Å²) < 4.78 is 1.78. The van der Waals surface area contributed by atoms with Crippen LogP contribution in [0.2, 0.25) is 5.02 Å². The number of piperidine rings is 1. The van der Waals surface area contributed by atoms with E-state index in [9.17, 15) is 4.79 Å². The number of rotatable bonds is 4. The largest absolute Gasteiger partial charge is 0.368 e. The molecule has 7 nitrogen and oxygen atoms in total. The smallest absolute Gasteiger partial charge is 0.225 e. The first-order valence-corrected chi connectivity index (χ1v) is 10.3. The lowest BCUT2D eigenvalue weighted by Crippen LogP contribution is -2.45. The van der Waals surface area contributed by atoms with Gasteiger partial charge in [0.1, 0.15) is 0 Å². The van der Waals surface area contributed by atoms with Gasteiger partial charge < -0.3 is 14.7 Å². The topological polar surface area (TPSA) is 57.5 Å². The third kappa shape index (κ3) is 3.86. The third-order valence-electron chi connectivity index (χ3n) is 6.02. The lowest BCUT2D eigenvalue weighted by molar-refractivity contribution is -0.136. The molecule has 1 unspecified atom stereocenters. The fourth-order valence-electron chi connectivity index (χ4n) is 4.31. The molecule has 1 amide bonds. The monoisotopic (exact) mass is 402 g/mol. The lowest BCUT2D eigenvalue weighted by atomic mass is 9.94. The van der Waals surface area contributed by atoms with E-state index in [2.05, 4.69) is 26.9 Å². The first kappa shape index (κ1) is 19.2. The van der Waals surface area contributed by atoms with E-state index in [1.54, 1.807) is 23.3 Å². The second kappa shape index (κ2) is 8.09. The molecule has 8 heteroatoms. The number of nitrogens with zero attached hydrogens (tertiary/aromatic N) is 6. The van der Waals surface area contributed by atoms with E-state index in [1.165, 1.54) is 0 Å². The first-order valence-electron chi connectivity index (χ1n) is 9.87. The summed E-state index contributed by atoms with van der Waals surface area (Å²) in [5.41, 5.74) is 1.98. The number of carbonyl (C=O) groups excluding carboxylic acids is 1. The van der Waals surface area contributed by atoms with Gasteiger partial charge in [0, 0.05) is 51.0 Å². The summed E-state index contributed by atoms with van der Waals surface area (Å²) in [6.07, 6.45) is 9.85. The number of carbonyl (C=O) groups is 1. The van der Waals surface area contributed by atoms with Crippen LogP contribution in [0.5, 0.6) is 0 Å². The molecule has 2 aromatic rings. The Bertz CT molecular complexity index is 832. The summed E-state index contributed by atoms with van der Waals surface area (Å²) in [4.78, 5) is 23.9. The minimum absolute atomic E-state index is 0.103. The number of anilines is 1.